The Bertz CT molecular complexity index is 506. The molecule has 1 aromatic rings. The minimum Gasteiger partial charge on any atom is -0.345 e. The van der Waals surface area contributed by atoms with Crippen molar-refractivity contribution >= 4 is 21.8 Å². The summed E-state index contributed by atoms with van der Waals surface area (Å²) in [6, 6.07) is 1.52. The summed E-state index contributed by atoms with van der Waals surface area (Å²) in [5.74, 6) is -0.195. The Morgan fingerprint density at radius 2 is 2.17 bits per heavy atom. The molecule has 4 N–H and O–H groups in total. The molecular weight excluding hydrogens is 298 g/mol. The van der Waals surface area contributed by atoms with Crippen LogP contribution in [0.1, 0.15) is 36.0 Å². The van der Waals surface area contributed by atoms with Crippen molar-refractivity contribution in [3.63, 3.8) is 0 Å². The van der Waals surface area contributed by atoms with E-state index >= 15 is 0 Å². The predicted octanol–water partition coefficient (Wildman–Crippen LogP) is 1.14. The van der Waals surface area contributed by atoms with E-state index in [4.69, 9.17) is 5.73 Å². The zero-order valence-corrected chi connectivity index (χ0v) is 11.5. The molecule has 1 aromatic heterocycles. The third-order valence-corrected chi connectivity index (χ3v) is 4.04. The molecule has 0 aliphatic heterocycles. The lowest BCUT2D eigenvalue weighted by Crippen LogP contribution is -2.51. The summed E-state index contributed by atoms with van der Waals surface area (Å²) in [5, 5.41) is 3.00. The van der Waals surface area contributed by atoms with Gasteiger partial charge in [-0.2, -0.15) is 0 Å². The SMILES string of the molecule is NCC1(NC(=O)c2c[nH]c(=O)c(Br)c2)CCCC1. The molecule has 0 saturated heterocycles. The zero-order chi connectivity index (χ0) is 13.2. The van der Waals surface area contributed by atoms with Crippen LogP contribution in [0.3, 0.4) is 0 Å². The quantitative estimate of drug-likeness (QED) is 0.782. The molecule has 0 unspecified atom stereocenters. The summed E-state index contributed by atoms with van der Waals surface area (Å²) >= 11 is 3.11. The van der Waals surface area contributed by atoms with Crippen LogP contribution in [0.5, 0.6) is 0 Å². The maximum absolute atomic E-state index is 12.1. The van der Waals surface area contributed by atoms with Gasteiger partial charge in [-0.3, -0.25) is 9.59 Å². The van der Waals surface area contributed by atoms with E-state index < -0.39 is 0 Å². The van der Waals surface area contributed by atoms with Gasteiger partial charge in [0.25, 0.3) is 11.5 Å². The van der Waals surface area contributed by atoms with Crippen molar-refractivity contribution in [3.05, 3.63) is 32.7 Å². The van der Waals surface area contributed by atoms with Gasteiger partial charge in [0.1, 0.15) is 0 Å². The fourth-order valence-electron chi connectivity index (χ4n) is 2.33. The number of nitrogens with two attached hydrogens (primary N) is 1. The van der Waals surface area contributed by atoms with E-state index in [1.807, 2.05) is 0 Å². The fraction of sp³-hybridized carbons (Fsp3) is 0.500. The first-order valence-electron chi connectivity index (χ1n) is 5.97. The molecule has 1 amide bonds. The van der Waals surface area contributed by atoms with Gasteiger partial charge < -0.3 is 16.0 Å². The second-order valence-electron chi connectivity index (χ2n) is 4.71. The minimum atomic E-state index is -0.278. The highest BCUT2D eigenvalue weighted by Gasteiger charge is 2.34. The predicted molar refractivity (Wildman–Crippen MR) is 72.5 cm³/mol. The smallest absolute Gasteiger partial charge is 0.262 e. The number of H-pyrrole nitrogens is 1. The Kier molecular flexibility index (Phi) is 3.87. The van der Waals surface area contributed by atoms with Gasteiger partial charge in [0.15, 0.2) is 0 Å². The molecule has 0 atom stereocenters. The fourth-order valence-corrected chi connectivity index (χ4v) is 2.69. The molecule has 2 rings (SSSR count). The number of pyridine rings is 1. The standard InChI is InChI=1S/C12H16BrN3O2/c13-9-5-8(6-15-11(9)18)10(17)16-12(7-14)3-1-2-4-12/h5-6H,1-4,7,14H2,(H,15,18)(H,16,17). The molecule has 1 aliphatic rings. The van der Waals surface area contributed by atoms with E-state index in [1.165, 1.54) is 12.3 Å². The average molecular weight is 314 g/mol. The van der Waals surface area contributed by atoms with Crippen molar-refractivity contribution in [2.45, 2.75) is 31.2 Å². The number of aromatic amines is 1. The van der Waals surface area contributed by atoms with Gasteiger partial charge in [-0.1, -0.05) is 12.8 Å². The second-order valence-corrected chi connectivity index (χ2v) is 5.57. The summed E-state index contributed by atoms with van der Waals surface area (Å²) in [6.07, 6.45) is 5.43. The molecule has 0 radical (unpaired) electrons. The normalized spacial score (nSPS) is 17.7. The maximum Gasteiger partial charge on any atom is 0.262 e. The van der Waals surface area contributed by atoms with E-state index in [1.54, 1.807) is 0 Å². The highest BCUT2D eigenvalue weighted by molar-refractivity contribution is 9.10. The third-order valence-electron chi connectivity index (χ3n) is 3.45. The molecular formula is C12H16BrN3O2. The van der Waals surface area contributed by atoms with Crippen molar-refractivity contribution in [1.29, 1.82) is 0 Å². The van der Waals surface area contributed by atoms with Crippen LogP contribution in [0, 0.1) is 0 Å². The van der Waals surface area contributed by atoms with Gasteiger partial charge in [-0.05, 0) is 34.8 Å². The number of rotatable bonds is 3. The lowest BCUT2D eigenvalue weighted by Gasteiger charge is -2.28. The first kappa shape index (κ1) is 13.3. The molecule has 1 heterocycles. The highest BCUT2D eigenvalue weighted by atomic mass is 79.9. The number of amides is 1. The summed E-state index contributed by atoms with van der Waals surface area (Å²) < 4.78 is 0.350. The van der Waals surface area contributed by atoms with E-state index in [-0.39, 0.29) is 17.0 Å². The molecule has 6 heteroatoms. The first-order chi connectivity index (χ1) is 8.56. The lowest BCUT2D eigenvalue weighted by atomic mass is 9.97. The Morgan fingerprint density at radius 3 is 2.72 bits per heavy atom. The molecule has 1 aliphatic carbocycles. The Labute approximate surface area is 113 Å². The third kappa shape index (κ3) is 2.64. The van der Waals surface area contributed by atoms with Crippen molar-refractivity contribution in [1.82, 2.24) is 10.3 Å². The first-order valence-corrected chi connectivity index (χ1v) is 6.76. The van der Waals surface area contributed by atoms with Gasteiger partial charge in [0.05, 0.1) is 15.6 Å². The van der Waals surface area contributed by atoms with Crippen molar-refractivity contribution < 1.29 is 4.79 Å². The number of nitrogens with one attached hydrogen (secondary N) is 2. The second kappa shape index (κ2) is 5.24. The van der Waals surface area contributed by atoms with Crippen LogP contribution in [-0.4, -0.2) is 23.0 Å². The lowest BCUT2D eigenvalue weighted by molar-refractivity contribution is 0.0902. The van der Waals surface area contributed by atoms with Crippen LogP contribution in [0.2, 0.25) is 0 Å². The zero-order valence-electron chi connectivity index (χ0n) is 9.96. The van der Waals surface area contributed by atoms with Crippen LogP contribution in [0.4, 0.5) is 0 Å². The number of hydrogen-bond donors (Lipinski definition) is 3. The van der Waals surface area contributed by atoms with E-state index in [2.05, 4.69) is 26.2 Å². The number of carbonyl (C=O) groups is 1. The molecule has 1 saturated carbocycles. The van der Waals surface area contributed by atoms with Crippen LogP contribution in [-0.2, 0) is 0 Å². The van der Waals surface area contributed by atoms with Crippen LogP contribution in [0.25, 0.3) is 0 Å². The number of hydrogen-bond acceptors (Lipinski definition) is 3. The summed E-state index contributed by atoms with van der Waals surface area (Å²) in [4.78, 5) is 25.8. The molecule has 5 nitrogen and oxygen atoms in total. The average Bonchev–Trinajstić information content (AvgIpc) is 2.82. The minimum absolute atomic E-state index is 0.195. The van der Waals surface area contributed by atoms with E-state index in [0.717, 1.165) is 25.7 Å². The number of carbonyl (C=O) groups excluding carboxylic acids is 1. The van der Waals surface area contributed by atoms with Gasteiger partial charge in [0, 0.05) is 12.7 Å². The van der Waals surface area contributed by atoms with Crippen LogP contribution >= 0.6 is 15.9 Å². The van der Waals surface area contributed by atoms with Crippen molar-refractivity contribution in [2.24, 2.45) is 5.73 Å². The number of aromatic nitrogens is 1. The monoisotopic (exact) mass is 313 g/mol. The number of halogens is 1. The van der Waals surface area contributed by atoms with Crippen molar-refractivity contribution in [2.75, 3.05) is 6.54 Å². The molecule has 0 bridgehead atoms. The van der Waals surface area contributed by atoms with Gasteiger partial charge in [-0.25, -0.2) is 0 Å². The Morgan fingerprint density at radius 1 is 1.50 bits per heavy atom. The summed E-state index contributed by atoms with van der Waals surface area (Å²) in [5.41, 5.74) is 5.67. The molecule has 1 fully saturated rings. The largest absolute Gasteiger partial charge is 0.345 e. The van der Waals surface area contributed by atoms with Crippen molar-refractivity contribution in [3.8, 4) is 0 Å². The molecule has 98 valence electrons. The van der Waals surface area contributed by atoms with Gasteiger partial charge in [0.2, 0.25) is 0 Å². The van der Waals surface area contributed by atoms with Gasteiger partial charge in [-0.15, -0.1) is 0 Å². The summed E-state index contributed by atoms with van der Waals surface area (Å²) in [6.45, 7) is 0.448. The van der Waals surface area contributed by atoms with E-state index in [9.17, 15) is 9.59 Å². The Hall–Kier alpha value is -1.14. The van der Waals surface area contributed by atoms with Crippen LogP contribution in [0.15, 0.2) is 21.5 Å². The molecule has 18 heavy (non-hydrogen) atoms. The maximum atomic E-state index is 12.1. The van der Waals surface area contributed by atoms with Gasteiger partial charge >= 0.3 is 0 Å². The van der Waals surface area contributed by atoms with E-state index in [0.29, 0.717) is 16.6 Å². The summed E-state index contributed by atoms with van der Waals surface area (Å²) in [7, 11) is 0. The highest BCUT2D eigenvalue weighted by Crippen LogP contribution is 2.28. The topological polar surface area (TPSA) is 88.0 Å². The Balaban J connectivity index is 2.16. The molecule has 0 aromatic carbocycles. The van der Waals surface area contributed by atoms with Crippen LogP contribution < -0.4 is 16.6 Å². The molecule has 0 spiro atoms.